The Kier molecular flexibility index (Phi) is 22.0. The molecule has 0 radical (unpaired) electrons. The van der Waals surface area contributed by atoms with Gasteiger partial charge in [-0.3, -0.25) is 19.3 Å². The molecular formula is C32H54N4O6. The highest BCUT2D eigenvalue weighted by molar-refractivity contribution is 5.70. The second kappa shape index (κ2) is 24.8. The fourth-order valence-electron chi connectivity index (χ4n) is 4.34. The van der Waals surface area contributed by atoms with Crippen LogP contribution >= 0.6 is 0 Å². The van der Waals surface area contributed by atoms with Gasteiger partial charge in [-0.15, -0.1) is 0 Å². The van der Waals surface area contributed by atoms with Crippen LogP contribution in [0.25, 0.3) is 6.08 Å². The van der Waals surface area contributed by atoms with Crippen LogP contribution in [-0.4, -0.2) is 106 Å². The highest BCUT2D eigenvalue weighted by Gasteiger charge is 2.13. The third kappa shape index (κ3) is 19.4. The Morgan fingerprint density at radius 1 is 0.667 bits per heavy atom. The number of hydrogen-bond acceptors (Lipinski definition) is 10. The highest BCUT2D eigenvalue weighted by atomic mass is 16.5. The minimum atomic E-state index is -0.186. The number of esters is 3. The van der Waals surface area contributed by atoms with Gasteiger partial charge in [-0.1, -0.05) is 36.9 Å². The molecule has 1 aromatic carbocycles. The van der Waals surface area contributed by atoms with Gasteiger partial charge in [-0.25, -0.2) is 0 Å². The Hall–Kier alpha value is -2.79. The summed E-state index contributed by atoms with van der Waals surface area (Å²) in [5.74, 6) is -0.538. The van der Waals surface area contributed by atoms with Crippen LogP contribution in [0.15, 0.2) is 30.8 Å². The van der Waals surface area contributed by atoms with E-state index in [4.69, 9.17) is 14.2 Å². The summed E-state index contributed by atoms with van der Waals surface area (Å²) in [5, 5.41) is 6.65. The number of benzene rings is 1. The highest BCUT2D eigenvalue weighted by Crippen LogP contribution is 2.10. The summed E-state index contributed by atoms with van der Waals surface area (Å²) in [6.07, 6.45) is 4.79. The van der Waals surface area contributed by atoms with Crippen molar-refractivity contribution in [2.24, 2.45) is 0 Å². The SMILES string of the molecule is C=Cc1ccc(CN(CCCNCCC(=O)OCC)CCN(CCCNCCC(=O)OCC)CCC(=O)OCC)cc1. The number of carbonyl (C=O) groups is 3. The maximum atomic E-state index is 12.1. The van der Waals surface area contributed by atoms with E-state index in [0.29, 0.717) is 58.7 Å². The predicted molar refractivity (Wildman–Crippen MR) is 167 cm³/mol. The Morgan fingerprint density at radius 2 is 1.14 bits per heavy atom. The topological polar surface area (TPSA) is 109 Å². The number of nitrogens with zero attached hydrogens (tertiary/aromatic N) is 2. The smallest absolute Gasteiger partial charge is 0.307 e. The third-order valence-electron chi connectivity index (χ3n) is 6.57. The Bertz CT molecular complexity index is 880. The van der Waals surface area contributed by atoms with Crippen LogP contribution in [-0.2, 0) is 35.1 Å². The average molecular weight is 591 g/mol. The minimum absolute atomic E-state index is 0.174. The molecule has 1 aromatic rings. The fourth-order valence-corrected chi connectivity index (χ4v) is 4.34. The van der Waals surface area contributed by atoms with Crippen LogP contribution in [0.3, 0.4) is 0 Å². The molecule has 0 spiro atoms. The van der Waals surface area contributed by atoms with Gasteiger partial charge in [-0.2, -0.15) is 0 Å². The lowest BCUT2D eigenvalue weighted by molar-refractivity contribution is -0.144. The molecule has 42 heavy (non-hydrogen) atoms. The number of ether oxygens (including phenoxy) is 3. The lowest BCUT2D eigenvalue weighted by Crippen LogP contribution is -2.38. The van der Waals surface area contributed by atoms with E-state index in [1.165, 1.54) is 5.56 Å². The maximum Gasteiger partial charge on any atom is 0.307 e. The van der Waals surface area contributed by atoms with E-state index in [2.05, 4.69) is 51.3 Å². The van der Waals surface area contributed by atoms with Gasteiger partial charge < -0.3 is 29.7 Å². The van der Waals surface area contributed by atoms with Crippen LogP contribution in [0.1, 0.15) is 64.0 Å². The molecule has 238 valence electrons. The van der Waals surface area contributed by atoms with Gasteiger partial charge >= 0.3 is 17.9 Å². The van der Waals surface area contributed by atoms with Crippen molar-refractivity contribution in [2.75, 3.05) is 78.7 Å². The Morgan fingerprint density at radius 3 is 1.64 bits per heavy atom. The number of nitrogens with one attached hydrogen (secondary N) is 2. The summed E-state index contributed by atoms with van der Waals surface area (Å²) in [5.41, 5.74) is 2.33. The van der Waals surface area contributed by atoms with Crippen LogP contribution in [0, 0.1) is 0 Å². The first-order chi connectivity index (χ1) is 20.4. The van der Waals surface area contributed by atoms with E-state index in [-0.39, 0.29) is 17.9 Å². The number of hydrogen-bond donors (Lipinski definition) is 2. The first kappa shape index (κ1) is 37.2. The molecular weight excluding hydrogens is 536 g/mol. The van der Waals surface area contributed by atoms with Crippen molar-refractivity contribution < 1.29 is 28.6 Å². The van der Waals surface area contributed by atoms with E-state index in [0.717, 1.165) is 64.2 Å². The summed E-state index contributed by atoms with van der Waals surface area (Å²) in [6.45, 7) is 18.1. The molecule has 0 unspecified atom stereocenters. The second-order valence-electron chi connectivity index (χ2n) is 9.94. The maximum absolute atomic E-state index is 12.1. The van der Waals surface area contributed by atoms with Crippen molar-refractivity contribution in [1.82, 2.24) is 20.4 Å². The summed E-state index contributed by atoms with van der Waals surface area (Å²) < 4.78 is 15.1. The molecule has 10 nitrogen and oxygen atoms in total. The zero-order valence-electron chi connectivity index (χ0n) is 26.2. The van der Waals surface area contributed by atoms with Crippen LogP contribution in [0.4, 0.5) is 0 Å². The van der Waals surface area contributed by atoms with Crippen molar-refractivity contribution in [3.8, 4) is 0 Å². The van der Waals surface area contributed by atoms with Crippen molar-refractivity contribution >= 4 is 24.0 Å². The molecule has 0 atom stereocenters. The zero-order chi connectivity index (χ0) is 30.8. The van der Waals surface area contributed by atoms with E-state index in [1.807, 2.05) is 19.9 Å². The van der Waals surface area contributed by atoms with Gasteiger partial charge in [-0.05, 0) is 70.9 Å². The molecule has 0 fully saturated rings. The van der Waals surface area contributed by atoms with Gasteiger partial charge in [0.25, 0.3) is 0 Å². The van der Waals surface area contributed by atoms with Crippen molar-refractivity contribution in [3.05, 3.63) is 42.0 Å². The van der Waals surface area contributed by atoms with Gasteiger partial charge in [0.1, 0.15) is 0 Å². The van der Waals surface area contributed by atoms with Crippen molar-refractivity contribution in [3.63, 3.8) is 0 Å². The lowest BCUT2D eigenvalue weighted by atomic mass is 10.1. The lowest BCUT2D eigenvalue weighted by Gasteiger charge is -2.28. The van der Waals surface area contributed by atoms with Gasteiger partial charge in [0, 0.05) is 39.3 Å². The summed E-state index contributed by atoms with van der Waals surface area (Å²) >= 11 is 0. The third-order valence-corrected chi connectivity index (χ3v) is 6.57. The molecule has 2 N–H and O–H groups in total. The Labute approximate surface area is 253 Å². The first-order valence-electron chi connectivity index (χ1n) is 15.5. The van der Waals surface area contributed by atoms with Crippen molar-refractivity contribution in [2.45, 2.75) is 59.4 Å². The first-order valence-corrected chi connectivity index (χ1v) is 15.5. The number of carbonyl (C=O) groups excluding carboxylic acids is 3. The Balaban J connectivity index is 2.66. The summed E-state index contributed by atoms with van der Waals surface area (Å²) in [7, 11) is 0. The standard InChI is InChI=1S/C32H54N4O6/c1-5-28-11-13-29(14-12-28)27-36(23-10-19-34-21-16-31(38)41-7-3)26-25-35(24-17-32(39)42-8-4)22-9-18-33-20-15-30(37)40-6-2/h5,11-14,33-34H,1,6-10,15-27H2,2-4H3. The molecule has 0 heterocycles. The molecule has 0 saturated heterocycles. The molecule has 0 aliphatic rings. The molecule has 0 amide bonds. The second-order valence-corrected chi connectivity index (χ2v) is 9.94. The largest absolute Gasteiger partial charge is 0.466 e. The quantitative estimate of drug-likeness (QED) is 0.0948. The van der Waals surface area contributed by atoms with Gasteiger partial charge in [0.2, 0.25) is 0 Å². The van der Waals surface area contributed by atoms with E-state index >= 15 is 0 Å². The van der Waals surface area contributed by atoms with Crippen LogP contribution in [0.2, 0.25) is 0 Å². The molecule has 1 rings (SSSR count). The van der Waals surface area contributed by atoms with Gasteiger partial charge in [0.05, 0.1) is 39.1 Å². The predicted octanol–water partition coefficient (Wildman–Crippen LogP) is 3.25. The molecule has 0 bridgehead atoms. The molecule has 10 heteroatoms. The van der Waals surface area contributed by atoms with Crippen molar-refractivity contribution in [1.29, 1.82) is 0 Å². The van der Waals surface area contributed by atoms with Gasteiger partial charge in [0.15, 0.2) is 0 Å². The fraction of sp³-hybridized carbons (Fsp3) is 0.656. The zero-order valence-corrected chi connectivity index (χ0v) is 26.2. The summed E-state index contributed by atoms with van der Waals surface area (Å²) in [4.78, 5) is 39.9. The monoisotopic (exact) mass is 590 g/mol. The van der Waals surface area contributed by atoms with Crippen LogP contribution in [0.5, 0.6) is 0 Å². The normalized spacial score (nSPS) is 11.1. The molecule has 0 aliphatic carbocycles. The van der Waals surface area contributed by atoms with E-state index in [1.54, 1.807) is 6.92 Å². The summed E-state index contributed by atoms with van der Waals surface area (Å²) in [6, 6.07) is 8.44. The minimum Gasteiger partial charge on any atom is -0.466 e. The molecule has 0 aromatic heterocycles. The van der Waals surface area contributed by atoms with E-state index < -0.39 is 0 Å². The van der Waals surface area contributed by atoms with Crippen LogP contribution < -0.4 is 10.6 Å². The molecule has 0 aliphatic heterocycles. The van der Waals surface area contributed by atoms with E-state index in [9.17, 15) is 14.4 Å². The average Bonchev–Trinajstić information content (AvgIpc) is 2.98. The molecule has 0 saturated carbocycles. The number of rotatable bonds is 26.